The van der Waals surface area contributed by atoms with Crippen molar-refractivity contribution in [3.8, 4) is 0 Å². The number of nitrogens with zero attached hydrogens (tertiary/aromatic N) is 1. The minimum absolute atomic E-state index is 0.0505. The van der Waals surface area contributed by atoms with Crippen LogP contribution < -0.4 is 0 Å². The lowest BCUT2D eigenvalue weighted by Gasteiger charge is -2.27. The summed E-state index contributed by atoms with van der Waals surface area (Å²) in [6.07, 6.45) is 0.986. The number of carbonyl (C=O) groups excluding carboxylic acids is 3. The van der Waals surface area contributed by atoms with Gasteiger partial charge in [-0.1, -0.05) is 77.3 Å². The molecule has 3 atom stereocenters. The first-order valence-corrected chi connectivity index (χ1v) is 12.9. The van der Waals surface area contributed by atoms with Crippen LogP contribution in [-0.4, -0.2) is 42.8 Å². The molecule has 0 saturated heterocycles. The van der Waals surface area contributed by atoms with E-state index in [1.54, 1.807) is 50.4 Å². The van der Waals surface area contributed by atoms with Crippen LogP contribution in [0.15, 0.2) is 60.7 Å². The molecule has 1 aliphatic rings. The largest absolute Gasteiger partial charge is 0.467 e. The van der Waals surface area contributed by atoms with Crippen molar-refractivity contribution in [3.05, 3.63) is 104 Å². The molecule has 192 valence electrons. The lowest BCUT2D eigenvalue weighted by molar-refractivity contribution is -0.145. The number of ether oxygens (including phenoxy) is 1. The van der Waals surface area contributed by atoms with Crippen molar-refractivity contribution in [1.29, 1.82) is 0 Å². The van der Waals surface area contributed by atoms with E-state index in [9.17, 15) is 14.4 Å². The summed E-state index contributed by atoms with van der Waals surface area (Å²) in [5, 5.41) is 1.05. The molecule has 5 nitrogen and oxygen atoms in total. The van der Waals surface area contributed by atoms with Gasteiger partial charge in [0.1, 0.15) is 6.04 Å². The van der Waals surface area contributed by atoms with Crippen LogP contribution in [0.2, 0.25) is 15.1 Å². The van der Waals surface area contributed by atoms with Gasteiger partial charge in [-0.15, -0.1) is 0 Å². The molecule has 0 radical (unpaired) electrons. The predicted molar refractivity (Wildman–Crippen MR) is 146 cm³/mol. The molecule has 8 heteroatoms. The number of benzene rings is 3. The summed E-state index contributed by atoms with van der Waals surface area (Å²) in [7, 11) is 2.87. The molecular weight excluding hydrogens is 533 g/mol. The summed E-state index contributed by atoms with van der Waals surface area (Å²) >= 11 is 18.7. The second-order valence-electron chi connectivity index (χ2n) is 9.24. The summed E-state index contributed by atoms with van der Waals surface area (Å²) in [6.45, 7) is 1.80. The van der Waals surface area contributed by atoms with E-state index in [1.807, 2.05) is 24.3 Å². The molecule has 1 fully saturated rings. The second-order valence-corrected chi connectivity index (χ2v) is 10.5. The first-order chi connectivity index (χ1) is 17.6. The van der Waals surface area contributed by atoms with Crippen LogP contribution in [0.3, 0.4) is 0 Å². The van der Waals surface area contributed by atoms with E-state index >= 15 is 0 Å². The fourth-order valence-corrected chi connectivity index (χ4v) is 5.52. The zero-order valence-electron chi connectivity index (χ0n) is 20.6. The van der Waals surface area contributed by atoms with Crippen molar-refractivity contribution in [2.45, 2.75) is 31.7 Å². The number of hydrogen-bond acceptors (Lipinski definition) is 4. The van der Waals surface area contributed by atoms with Gasteiger partial charge in [-0.2, -0.15) is 0 Å². The van der Waals surface area contributed by atoms with Crippen LogP contribution >= 0.6 is 34.8 Å². The van der Waals surface area contributed by atoms with Crippen LogP contribution in [-0.2, 0) is 16.0 Å². The Morgan fingerprint density at radius 1 is 0.919 bits per heavy atom. The lowest BCUT2D eigenvalue weighted by Crippen LogP contribution is -2.44. The molecule has 1 amide bonds. The van der Waals surface area contributed by atoms with Gasteiger partial charge in [0.2, 0.25) is 0 Å². The Balaban J connectivity index is 1.48. The molecule has 1 aliphatic carbocycles. The SMILES string of the molecule is COC(=O)C(Cc1ccc(C2CC2C(=O)c2c(Cl)cccc2Cl)cc1)N(C)C(=O)c1c(C)cccc1Cl. The molecule has 0 aromatic heterocycles. The smallest absolute Gasteiger partial charge is 0.328 e. The molecule has 0 aliphatic heterocycles. The number of amides is 1. The molecule has 3 aromatic rings. The van der Waals surface area contributed by atoms with E-state index < -0.39 is 12.0 Å². The third kappa shape index (κ3) is 5.69. The molecule has 3 aromatic carbocycles. The van der Waals surface area contributed by atoms with E-state index in [4.69, 9.17) is 39.5 Å². The number of ketones is 1. The minimum Gasteiger partial charge on any atom is -0.467 e. The molecule has 1 saturated carbocycles. The van der Waals surface area contributed by atoms with Gasteiger partial charge in [0.05, 0.1) is 33.3 Å². The Morgan fingerprint density at radius 2 is 1.49 bits per heavy atom. The Morgan fingerprint density at radius 3 is 2.05 bits per heavy atom. The van der Waals surface area contributed by atoms with Crippen molar-refractivity contribution < 1.29 is 19.1 Å². The average Bonchev–Trinajstić information content (AvgIpc) is 3.67. The van der Waals surface area contributed by atoms with Gasteiger partial charge in [0.25, 0.3) is 5.91 Å². The highest BCUT2D eigenvalue weighted by atomic mass is 35.5. The number of aryl methyl sites for hydroxylation is 1. The first-order valence-electron chi connectivity index (χ1n) is 11.8. The maximum absolute atomic E-state index is 13.2. The van der Waals surface area contributed by atoms with Gasteiger partial charge in [-0.25, -0.2) is 4.79 Å². The normalized spacial score (nSPS) is 17.1. The quantitative estimate of drug-likeness (QED) is 0.225. The van der Waals surface area contributed by atoms with E-state index in [1.165, 1.54) is 12.0 Å². The van der Waals surface area contributed by atoms with Gasteiger partial charge >= 0.3 is 5.97 Å². The average molecular weight is 559 g/mol. The van der Waals surface area contributed by atoms with E-state index in [0.29, 0.717) is 26.2 Å². The van der Waals surface area contributed by atoms with Crippen molar-refractivity contribution >= 4 is 52.5 Å². The van der Waals surface area contributed by atoms with Gasteiger partial charge in [-0.3, -0.25) is 9.59 Å². The monoisotopic (exact) mass is 557 g/mol. The number of methoxy groups -OCH3 is 1. The highest BCUT2D eigenvalue weighted by Gasteiger charge is 2.45. The first kappa shape index (κ1) is 27.2. The molecular formula is C29H26Cl3NO4. The Hall–Kier alpha value is -2.86. The van der Waals surface area contributed by atoms with E-state index in [-0.39, 0.29) is 29.9 Å². The Bertz CT molecular complexity index is 1320. The number of Topliss-reactive ketones (excluding diaryl/α,β-unsaturated/α-hetero) is 1. The van der Waals surface area contributed by atoms with Crippen LogP contribution in [0.25, 0.3) is 0 Å². The van der Waals surface area contributed by atoms with E-state index in [0.717, 1.165) is 23.1 Å². The zero-order valence-corrected chi connectivity index (χ0v) is 22.9. The number of rotatable bonds is 8. The van der Waals surface area contributed by atoms with Crippen LogP contribution in [0.5, 0.6) is 0 Å². The van der Waals surface area contributed by atoms with Crippen molar-refractivity contribution in [3.63, 3.8) is 0 Å². The lowest BCUT2D eigenvalue weighted by atomic mass is 9.99. The van der Waals surface area contributed by atoms with Crippen LogP contribution in [0, 0.1) is 12.8 Å². The van der Waals surface area contributed by atoms with Gasteiger partial charge in [0.15, 0.2) is 5.78 Å². The van der Waals surface area contributed by atoms with Crippen molar-refractivity contribution in [2.24, 2.45) is 5.92 Å². The summed E-state index contributed by atoms with van der Waals surface area (Å²) in [6, 6.07) is 17.2. The number of hydrogen-bond donors (Lipinski definition) is 0. The van der Waals surface area contributed by atoms with Crippen LogP contribution in [0.1, 0.15) is 49.7 Å². The Labute approximate surface area is 231 Å². The maximum atomic E-state index is 13.2. The topological polar surface area (TPSA) is 63.7 Å². The summed E-state index contributed by atoms with van der Waals surface area (Å²) in [5.41, 5.74) is 3.34. The fraction of sp³-hybridized carbons (Fsp3) is 0.276. The van der Waals surface area contributed by atoms with Crippen LogP contribution in [0.4, 0.5) is 0 Å². The zero-order chi connectivity index (χ0) is 26.9. The molecule has 3 unspecified atom stereocenters. The van der Waals surface area contributed by atoms with Gasteiger partial charge in [0, 0.05) is 19.4 Å². The third-order valence-electron chi connectivity index (χ3n) is 6.87. The minimum atomic E-state index is -0.836. The third-order valence-corrected chi connectivity index (χ3v) is 7.82. The highest BCUT2D eigenvalue weighted by molar-refractivity contribution is 6.40. The van der Waals surface area contributed by atoms with Crippen molar-refractivity contribution in [2.75, 3.05) is 14.2 Å². The van der Waals surface area contributed by atoms with Crippen molar-refractivity contribution in [1.82, 2.24) is 4.90 Å². The number of halogens is 3. The summed E-state index contributed by atoms with van der Waals surface area (Å²) in [4.78, 5) is 40.2. The number of esters is 1. The molecule has 4 rings (SSSR count). The van der Waals surface area contributed by atoms with Gasteiger partial charge < -0.3 is 9.64 Å². The highest BCUT2D eigenvalue weighted by Crippen LogP contribution is 2.50. The molecule has 0 N–H and O–H groups in total. The summed E-state index contributed by atoms with van der Waals surface area (Å²) in [5.74, 6) is -1.02. The predicted octanol–water partition coefficient (Wildman–Crippen LogP) is 6.80. The Kier molecular flexibility index (Phi) is 8.27. The van der Waals surface area contributed by atoms with Gasteiger partial charge in [-0.05, 0) is 54.2 Å². The fourth-order valence-electron chi connectivity index (χ4n) is 4.63. The molecule has 37 heavy (non-hydrogen) atoms. The molecule has 0 bridgehead atoms. The number of carbonyl (C=O) groups is 3. The second kappa shape index (κ2) is 11.3. The van der Waals surface area contributed by atoms with E-state index in [2.05, 4.69) is 0 Å². The standard InChI is InChI=1S/C29H26Cl3NO4/c1-16-6-4-7-21(30)25(16)28(35)33(2)24(29(36)37-3)14-17-10-12-18(13-11-17)19-15-20(19)27(34)26-22(31)8-5-9-23(26)32/h4-13,19-20,24H,14-15H2,1-3H3. The molecule has 0 heterocycles. The summed E-state index contributed by atoms with van der Waals surface area (Å²) < 4.78 is 5.00. The molecule has 0 spiro atoms. The number of likely N-dealkylation sites (N-methyl/N-ethyl adjacent to an activating group) is 1. The maximum Gasteiger partial charge on any atom is 0.328 e.